The first-order valence-corrected chi connectivity index (χ1v) is 5.90. The van der Waals surface area contributed by atoms with Gasteiger partial charge in [0.25, 0.3) is 0 Å². The number of methoxy groups -OCH3 is 1. The minimum absolute atomic E-state index is 0.0119. The average molecular weight is 299 g/mol. The lowest BCUT2D eigenvalue weighted by atomic mass is 10.1. The van der Waals surface area contributed by atoms with Gasteiger partial charge in [-0.2, -0.15) is 0 Å². The number of hydrogen-bond acceptors (Lipinski definition) is 4. The third kappa shape index (κ3) is 1.91. The fourth-order valence-corrected chi connectivity index (χ4v) is 2.12. The maximum absolute atomic E-state index is 11.6. The standard InChI is InChI=1S/C12H11BrO4/c1-3-6-4-7-8(17-12(6)15)5-9(16-2)10(13)11(7)14/h4-5,14H,3H2,1-2H3. The number of aryl methyl sites for hydroxylation is 1. The molecule has 17 heavy (non-hydrogen) atoms. The van der Waals surface area contributed by atoms with Gasteiger partial charge < -0.3 is 14.3 Å². The first-order chi connectivity index (χ1) is 8.08. The second-order valence-electron chi connectivity index (χ2n) is 3.57. The molecule has 1 aromatic carbocycles. The summed E-state index contributed by atoms with van der Waals surface area (Å²) < 4.78 is 10.7. The van der Waals surface area contributed by atoms with E-state index in [2.05, 4.69) is 15.9 Å². The largest absolute Gasteiger partial charge is 0.506 e. The maximum atomic E-state index is 11.6. The van der Waals surface area contributed by atoms with Crippen molar-refractivity contribution in [3.05, 3.63) is 32.6 Å². The van der Waals surface area contributed by atoms with Gasteiger partial charge in [-0.05, 0) is 28.4 Å². The van der Waals surface area contributed by atoms with E-state index in [9.17, 15) is 9.90 Å². The molecule has 1 N–H and O–H groups in total. The Morgan fingerprint density at radius 2 is 2.18 bits per heavy atom. The van der Waals surface area contributed by atoms with Crippen molar-refractivity contribution >= 4 is 26.9 Å². The monoisotopic (exact) mass is 298 g/mol. The lowest BCUT2D eigenvalue weighted by molar-refractivity contribution is 0.403. The summed E-state index contributed by atoms with van der Waals surface area (Å²) in [6, 6.07) is 3.21. The van der Waals surface area contributed by atoms with Crippen LogP contribution in [0.25, 0.3) is 11.0 Å². The average Bonchev–Trinajstić information content (AvgIpc) is 2.33. The van der Waals surface area contributed by atoms with Crippen molar-refractivity contribution in [1.82, 2.24) is 0 Å². The highest BCUT2D eigenvalue weighted by Gasteiger charge is 2.14. The molecule has 5 heteroatoms. The van der Waals surface area contributed by atoms with Crippen molar-refractivity contribution in [2.24, 2.45) is 0 Å². The smallest absolute Gasteiger partial charge is 0.339 e. The Kier molecular flexibility index (Phi) is 3.11. The fourth-order valence-electron chi connectivity index (χ4n) is 1.63. The third-order valence-electron chi connectivity index (χ3n) is 2.59. The predicted octanol–water partition coefficient (Wildman–Crippen LogP) is 2.83. The predicted molar refractivity (Wildman–Crippen MR) is 67.8 cm³/mol. The zero-order valence-electron chi connectivity index (χ0n) is 9.41. The lowest BCUT2D eigenvalue weighted by Gasteiger charge is -2.08. The third-order valence-corrected chi connectivity index (χ3v) is 3.36. The second-order valence-corrected chi connectivity index (χ2v) is 4.36. The summed E-state index contributed by atoms with van der Waals surface area (Å²) in [5.74, 6) is 0.431. The van der Waals surface area contributed by atoms with E-state index in [-0.39, 0.29) is 11.4 Å². The van der Waals surface area contributed by atoms with Crippen molar-refractivity contribution < 1.29 is 14.3 Å². The van der Waals surface area contributed by atoms with E-state index in [0.717, 1.165) is 0 Å². The highest BCUT2D eigenvalue weighted by Crippen LogP contribution is 2.39. The minimum Gasteiger partial charge on any atom is -0.506 e. The van der Waals surface area contributed by atoms with Gasteiger partial charge in [-0.3, -0.25) is 0 Å². The highest BCUT2D eigenvalue weighted by atomic mass is 79.9. The number of halogens is 1. The van der Waals surface area contributed by atoms with E-state index in [0.29, 0.717) is 33.2 Å². The molecule has 0 aliphatic rings. The van der Waals surface area contributed by atoms with E-state index in [4.69, 9.17) is 9.15 Å². The van der Waals surface area contributed by atoms with Gasteiger partial charge in [-0.1, -0.05) is 6.92 Å². The number of fused-ring (bicyclic) bond motifs is 1. The van der Waals surface area contributed by atoms with Crippen LogP contribution in [0.5, 0.6) is 11.5 Å². The highest BCUT2D eigenvalue weighted by molar-refractivity contribution is 9.10. The molecule has 0 atom stereocenters. The SMILES string of the molecule is CCc1cc2c(O)c(Br)c(OC)cc2oc1=O. The summed E-state index contributed by atoms with van der Waals surface area (Å²) in [5.41, 5.74) is 0.457. The van der Waals surface area contributed by atoms with Crippen LogP contribution in [-0.2, 0) is 6.42 Å². The van der Waals surface area contributed by atoms with Gasteiger partial charge in [0.05, 0.1) is 12.5 Å². The second kappa shape index (κ2) is 4.41. The normalized spacial score (nSPS) is 10.8. The molecule has 1 heterocycles. The zero-order valence-corrected chi connectivity index (χ0v) is 11.0. The Morgan fingerprint density at radius 1 is 1.47 bits per heavy atom. The first kappa shape index (κ1) is 12.0. The summed E-state index contributed by atoms with van der Waals surface area (Å²) >= 11 is 3.23. The van der Waals surface area contributed by atoms with Gasteiger partial charge in [0, 0.05) is 11.6 Å². The molecule has 0 aliphatic carbocycles. The molecule has 0 spiro atoms. The Balaban J connectivity index is 2.87. The lowest BCUT2D eigenvalue weighted by Crippen LogP contribution is -2.05. The molecule has 0 saturated carbocycles. The number of phenolic OH excluding ortho intramolecular Hbond substituents is 1. The molecule has 0 saturated heterocycles. The summed E-state index contributed by atoms with van der Waals surface area (Å²) in [7, 11) is 1.48. The number of benzene rings is 1. The van der Waals surface area contributed by atoms with Crippen LogP contribution in [-0.4, -0.2) is 12.2 Å². The van der Waals surface area contributed by atoms with Crippen LogP contribution in [0.3, 0.4) is 0 Å². The fraction of sp³-hybridized carbons (Fsp3) is 0.250. The summed E-state index contributed by atoms with van der Waals surface area (Å²) in [6.45, 7) is 1.85. The van der Waals surface area contributed by atoms with Crippen LogP contribution in [0, 0.1) is 0 Å². The molecule has 0 radical (unpaired) electrons. The Labute approximate surface area is 106 Å². The van der Waals surface area contributed by atoms with Crippen molar-refractivity contribution in [2.75, 3.05) is 7.11 Å². The van der Waals surface area contributed by atoms with Crippen LogP contribution >= 0.6 is 15.9 Å². The molecule has 2 rings (SSSR count). The van der Waals surface area contributed by atoms with Crippen molar-refractivity contribution in [1.29, 1.82) is 0 Å². The van der Waals surface area contributed by atoms with E-state index < -0.39 is 0 Å². The molecule has 2 aromatic rings. The van der Waals surface area contributed by atoms with E-state index >= 15 is 0 Å². The molecule has 4 nitrogen and oxygen atoms in total. The molecule has 0 amide bonds. The number of hydrogen-bond donors (Lipinski definition) is 1. The number of rotatable bonds is 2. The molecule has 0 aliphatic heterocycles. The zero-order chi connectivity index (χ0) is 12.6. The van der Waals surface area contributed by atoms with Crippen molar-refractivity contribution in [3.63, 3.8) is 0 Å². The molecule has 90 valence electrons. The van der Waals surface area contributed by atoms with E-state index in [1.54, 1.807) is 12.1 Å². The van der Waals surface area contributed by atoms with Gasteiger partial charge in [0.15, 0.2) is 0 Å². The minimum atomic E-state index is -0.385. The quantitative estimate of drug-likeness (QED) is 0.866. The van der Waals surface area contributed by atoms with E-state index in [1.807, 2.05) is 6.92 Å². The Morgan fingerprint density at radius 3 is 2.76 bits per heavy atom. The van der Waals surface area contributed by atoms with Crippen LogP contribution in [0.15, 0.2) is 25.8 Å². The first-order valence-electron chi connectivity index (χ1n) is 5.10. The van der Waals surface area contributed by atoms with Crippen molar-refractivity contribution in [3.8, 4) is 11.5 Å². The summed E-state index contributed by atoms with van der Waals surface area (Å²) in [6.07, 6.45) is 0.557. The van der Waals surface area contributed by atoms with Crippen LogP contribution < -0.4 is 10.4 Å². The molecular weight excluding hydrogens is 288 g/mol. The van der Waals surface area contributed by atoms with Gasteiger partial charge in [-0.25, -0.2) is 4.79 Å². The van der Waals surface area contributed by atoms with E-state index in [1.165, 1.54) is 7.11 Å². The Hall–Kier alpha value is -1.49. The molecule has 0 unspecified atom stereocenters. The molecule has 1 aromatic heterocycles. The van der Waals surface area contributed by atoms with Crippen LogP contribution in [0.1, 0.15) is 12.5 Å². The molecule has 0 fully saturated rings. The maximum Gasteiger partial charge on any atom is 0.339 e. The van der Waals surface area contributed by atoms with Crippen molar-refractivity contribution in [2.45, 2.75) is 13.3 Å². The molecule has 0 bridgehead atoms. The van der Waals surface area contributed by atoms with Gasteiger partial charge in [-0.15, -0.1) is 0 Å². The summed E-state index contributed by atoms with van der Waals surface area (Å²) in [4.78, 5) is 11.6. The topological polar surface area (TPSA) is 59.7 Å². The van der Waals surface area contributed by atoms with Crippen LogP contribution in [0.2, 0.25) is 0 Å². The molecular formula is C12H11BrO4. The number of aromatic hydroxyl groups is 1. The van der Waals surface area contributed by atoms with Crippen LogP contribution in [0.4, 0.5) is 0 Å². The van der Waals surface area contributed by atoms with Gasteiger partial charge >= 0.3 is 5.63 Å². The number of phenols is 1. The Bertz CT molecular complexity index is 630. The van der Waals surface area contributed by atoms with Gasteiger partial charge in [0.1, 0.15) is 21.6 Å². The van der Waals surface area contributed by atoms with Gasteiger partial charge in [0.2, 0.25) is 0 Å². The number of ether oxygens (including phenoxy) is 1. The summed E-state index contributed by atoms with van der Waals surface area (Å²) in [5, 5.41) is 10.5.